The number of nitrogens with one attached hydrogen (secondary N) is 1. The molecule has 0 bridgehead atoms. The van der Waals surface area contributed by atoms with Gasteiger partial charge >= 0.3 is 5.97 Å². The molecule has 0 aromatic carbocycles. The van der Waals surface area contributed by atoms with Crippen LogP contribution in [0.5, 0.6) is 0 Å². The number of rotatable bonds is 10. The van der Waals surface area contributed by atoms with Gasteiger partial charge in [0.1, 0.15) is 0 Å². The molecule has 0 saturated heterocycles. The third-order valence-electron chi connectivity index (χ3n) is 2.31. The lowest BCUT2D eigenvalue weighted by atomic mass is 10.1. The predicted molar refractivity (Wildman–Crippen MR) is 64.1 cm³/mol. The quantitative estimate of drug-likeness (QED) is 0.490. The van der Waals surface area contributed by atoms with E-state index in [0.717, 1.165) is 6.42 Å². The fourth-order valence-corrected chi connectivity index (χ4v) is 2.38. The molecule has 0 rings (SSSR count). The normalized spacial score (nSPS) is 13.5. The summed E-state index contributed by atoms with van der Waals surface area (Å²) in [6.07, 6.45) is 1.41. The Bertz CT molecular complexity index is 315. The zero-order valence-corrected chi connectivity index (χ0v) is 10.9. The maximum atomic E-state index is 11.4. The number of carboxylic acids is 1. The molecule has 0 aromatic heterocycles. The van der Waals surface area contributed by atoms with Crippen molar-refractivity contribution in [1.29, 1.82) is 0 Å². The van der Waals surface area contributed by atoms with Gasteiger partial charge in [-0.3, -0.25) is 4.79 Å². The van der Waals surface area contributed by atoms with Crippen molar-refractivity contribution in [2.24, 2.45) is 5.92 Å². The van der Waals surface area contributed by atoms with E-state index >= 15 is 0 Å². The lowest BCUT2D eigenvalue weighted by molar-refractivity contribution is -0.137. The van der Waals surface area contributed by atoms with Gasteiger partial charge in [-0.2, -0.15) is 0 Å². The van der Waals surface area contributed by atoms with Crippen molar-refractivity contribution >= 4 is 16.0 Å². The molecule has 0 saturated carbocycles. The number of carbonyl (C=O) groups is 1. The summed E-state index contributed by atoms with van der Waals surface area (Å²) in [5.41, 5.74) is 0. The van der Waals surface area contributed by atoms with Gasteiger partial charge in [-0.25, -0.2) is 13.1 Å². The lowest BCUT2D eigenvalue weighted by Gasteiger charge is -2.08. The smallest absolute Gasteiger partial charge is 0.303 e. The minimum absolute atomic E-state index is 0.103. The van der Waals surface area contributed by atoms with Gasteiger partial charge in [-0.05, 0) is 25.2 Å². The van der Waals surface area contributed by atoms with Gasteiger partial charge in [0.25, 0.3) is 0 Å². The van der Waals surface area contributed by atoms with E-state index in [1.54, 1.807) is 0 Å². The molecule has 3 N–H and O–H groups in total. The van der Waals surface area contributed by atoms with Gasteiger partial charge < -0.3 is 10.2 Å². The van der Waals surface area contributed by atoms with E-state index in [1.807, 2.05) is 6.92 Å². The molecule has 0 fully saturated rings. The number of sulfonamides is 1. The van der Waals surface area contributed by atoms with Crippen molar-refractivity contribution in [2.75, 3.05) is 18.9 Å². The molecule has 102 valence electrons. The van der Waals surface area contributed by atoms with Gasteiger partial charge in [-0.1, -0.05) is 6.92 Å². The highest BCUT2D eigenvalue weighted by atomic mass is 32.2. The van der Waals surface area contributed by atoms with Crippen molar-refractivity contribution in [2.45, 2.75) is 32.6 Å². The van der Waals surface area contributed by atoms with E-state index in [2.05, 4.69) is 4.72 Å². The number of aliphatic hydroxyl groups is 1. The topological polar surface area (TPSA) is 104 Å². The van der Waals surface area contributed by atoms with Crippen LogP contribution in [-0.2, 0) is 14.8 Å². The van der Waals surface area contributed by atoms with Crippen LogP contribution in [0.25, 0.3) is 0 Å². The first-order valence-corrected chi connectivity index (χ1v) is 7.32. The third-order valence-corrected chi connectivity index (χ3v) is 3.78. The second-order valence-corrected chi connectivity index (χ2v) is 6.07. The van der Waals surface area contributed by atoms with Crippen molar-refractivity contribution in [3.8, 4) is 0 Å². The van der Waals surface area contributed by atoms with Crippen LogP contribution in [-0.4, -0.2) is 43.5 Å². The average molecular weight is 267 g/mol. The Morgan fingerprint density at radius 1 is 1.35 bits per heavy atom. The van der Waals surface area contributed by atoms with E-state index in [-0.39, 0.29) is 31.1 Å². The summed E-state index contributed by atoms with van der Waals surface area (Å²) >= 11 is 0. The molecule has 1 unspecified atom stereocenters. The van der Waals surface area contributed by atoms with Gasteiger partial charge in [0.15, 0.2) is 0 Å². The Morgan fingerprint density at radius 3 is 2.53 bits per heavy atom. The Balaban J connectivity index is 3.68. The van der Waals surface area contributed by atoms with Crippen LogP contribution in [0.2, 0.25) is 0 Å². The molecule has 0 aliphatic carbocycles. The average Bonchev–Trinajstić information content (AvgIpc) is 2.23. The summed E-state index contributed by atoms with van der Waals surface area (Å²) in [6.45, 7) is 2.33. The molecule has 0 aliphatic heterocycles. The second kappa shape index (κ2) is 8.43. The summed E-state index contributed by atoms with van der Waals surface area (Å²) < 4.78 is 25.2. The fourth-order valence-electron chi connectivity index (χ4n) is 1.26. The van der Waals surface area contributed by atoms with E-state index in [9.17, 15) is 13.2 Å². The largest absolute Gasteiger partial charge is 0.481 e. The summed E-state index contributed by atoms with van der Waals surface area (Å²) in [7, 11) is -3.36. The zero-order chi connectivity index (χ0) is 13.3. The lowest BCUT2D eigenvalue weighted by Crippen LogP contribution is -2.28. The summed E-state index contributed by atoms with van der Waals surface area (Å²) in [5.74, 6) is -0.974. The fraction of sp³-hybridized carbons (Fsp3) is 0.900. The standard InChI is InChI=1S/C10H21NO5S/c1-9(8-12)4-2-6-11-17(15,16)7-3-5-10(13)14/h9,11-12H,2-8H2,1H3,(H,13,14). The number of aliphatic hydroxyl groups excluding tert-OH is 1. The number of carboxylic acid groups (broad SMARTS) is 1. The van der Waals surface area contributed by atoms with Gasteiger partial charge in [0.2, 0.25) is 10.0 Å². The highest BCUT2D eigenvalue weighted by Crippen LogP contribution is 2.03. The van der Waals surface area contributed by atoms with Crippen LogP contribution in [0, 0.1) is 5.92 Å². The van der Waals surface area contributed by atoms with Crippen LogP contribution in [0.3, 0.4) is 0 Å². The van der Waals surface area contributed by atoms with Gasteiger partial charge in [0, 0.05) is 19.6 Å². The van der Waals surface area contributed by atoms with Crippen molar-refractivity contribution in [3.63, 3.8) is 0 Å². The van der Waals surface area contributed by atoms with Crippen LogP contribution >= 0.6 is 0 Å². The zero-order valence-electron chi connectivity index (χ0n) is 10.1. The van der Waals surface area contributed by atoms with Crippen LogP contribution < -0.4 is 4.72 Å². The van der Waals surface area contributed by atoms with Crippen molar-refractivity contribution in [1.82, 2.24) is 4.72 Å². The molecule has 1 atom stereocenters. The number of aliphatic carboxylic acids is 1. The molecule has 7 heteroatoms. The Kier molecular flexibility index (Phi) is 8.11. The number of hydrogen-bond donors (Lipinski definition) is 3. The minimum Gasteiger partial charge on any atom is -0.481 e. The van der Waals surface area contributed by atoms with Gasteiger partial charge in [-0.15, -0.1) is 0 Å². The highest BCUT2D eigenvalue weighted by Gasteiger charge is 2.10. The first-order valence-electron chi connectivity index (χ1n) is 5.67. The molecule has 6 nitrogen and oxygen atoms in total. The molecule has 0 aliphatic rings. The van der Waals surface area contributed by atoms with E-state index in [1.165, 1.54) is 0 Å². The Labute approximate surface area is 102 Å². The molecule has 0 aromatic rings. The first kappa shape index (κ1) is 16.3. The highest BCUT2D eigenvalue weighted by molar-refractivity contribution is 7.89. The third kappa shape index (κ3) is 10.2. The van der Waals surface area contributed by atoms with E-state index in [0.29, 0.717) is 13.0 Å². The molecular formula is C10H21NO5S. The molecule has 0 amide bonds. The number of hydrogen-bond acceptors (Lipinski definition) is 4. The maximum absolute atomic E-state index is 11.4. The molecule has 0 spiro atoms. The second-order valence-electron chi connectivity index (χ2n) is 4.14. The maximum Gasteiger partial charge on any atom is 0.303 e. The summed E-state index contributed by atoms with van der Waals surface area (Å²) in [4.78, 5) is 10.2. The van der Waals surface area contributed by atoms with Crippen LogP contribution in [0.1, 0.15) is 32.6 Å². The van der Waals surface area contributed by atoms with Crippen LogP contribution in [0.15, 0.2) is 0 Å². The summed E-state index contributed by atoms with van der Waals surface area (Å²) in [6, 6.07) is 0. The van der Waals surface area contributed by atoms with Gasteiger partial charge in [0.05, 0.1) is 5.75 Å². The molecule has 0 radical (unpaired) electrons. The molecular weight excluding hydrogens is 246 g/mol. The minimum atomic E-state index is -3.36. The molecule has 17 heavy (non-hydrogen) atoms. The van der Waals surface area contributed by atoms with E-state index < -0.39 is 16.0 Å². The Morgan fingerprint density at radius 2 is 2.00 bits per heavy atom. The van der Waals surface area contributed by atoms with Crippen molar-refractivity contribution < 1.29 is 23.4 Å². The summed E-state index contributed by atoms with van der Waals surface area (Å²) in [5, 5.41) is 17.1. The predicted octanol–water partition coefficient (Wildman–Crippen LogP) is 0.179. The van der Waals surface area contributed by atoms with Crippen molar-refractivity contribution in [3.05, 3.63) is 0 Å². The Hall–Kier alpha value is -0.660. The first-order chi connectivity index (χ1) is 7.87. The van der Waals surface area contributed by atoms with E-state index in [4.69, 9.17) is 10.2 Å². The monoisotopic (exact) mass is 267 g/mol. The van der Waals surface area contributed by atoms with Crippen LogP contribution in [0.4, 0.5) is 0 Å². The molecule has 0 heterocycles. The SMILES string of the molecule is CC(CO)CCCNS(=O)(=O)CCCC(=O)O.